The standard InChI is InChI=1S/C14H20N4O4S/c1-4-7-16-14(22)11(5-6-12(15)20)18-13(21)8-17-9(2)23-10(3)19/h1,11H,5-8H2,2-3H3,(H2,15,20)(H,16,22)(H,18,21)/t11-/m0/s1. The lowest BCUT2D eigenvalue weighted by Gasteiger charge is -2.23. The van der Waals surface area contributed by atoms with Crippen molar-refractivity contribution in [2.24, 2.45) is 10.7 Å². The van der Waals surface area contributed by atoms with Crippen LogP contribution in [0.4, 0.5) is 0 Å². The Morgan fingerprint density at radius 3 is 2.61 bits per heavy atom. The summed E-state index contributed by atoms with van der Waals surface area (Å²) in [5, 5.41) is 14.7. The molecule has 0 aliphatic carbocycles. The van der Waals surface area contributed by atoms with E-state index in [4.69, 9.17) is 12.2 Å². The van der Waals surface area contributed by atoms with Gasteiger partial charge in [0.1, 0.15) is 0 Å². The van der Waals surface area contributed by atoms with E-state index in [0.29, 0.717) is 5.04 Å². The molecule has 9 heteroatoms. The highest BCUT2D eigenvalue weighted by Crippen LogP contribution is 1.99. The molecule has 0 aromatic heterocycles. The van der Waals surface area contributed by atoms with Gasteiger partial charge in [0, 0.05) is 32.0 Å². The first-order valence-electron chi connectivity index (χ1n) is 6.74. The highest BCUT2D eigenvalue weighted by atomic mass is 32.2. The molecule has 1 atom stereocenters. The molecule has 0 radical (unpaired) electrons. The van der Waals surface area contributed by atoms with Crippen LogP contribution in [0.2, 0.25) is 0 Å². The first-order valence-corrected chi connectivity index (χ1v) is 7.56. The molecule has 8 nitrogen and oxygen atoms in total. The van der Waals surface area contributed by atoms with Crippen LogP contribution in [0.5, 0.6) is 0 Å². The highest BCUT2D eigenvalue weighted by molar-refractivity contribution is 8.26. The summed E-state index contributed by atoms with van der Waals surface area (Å²) in [4.78, 5) is 39.9. The summed E-state index contributed by atoms with van der Waals surface area (Å²) in [7, 11) is 0. The third-order valence-corrected chi connectivity index (χ3v) is 3.17. The number of aliphatic imine (C=N–C) groups is 1. The van der Waals surface area contributed by atoms with Crippen molar-refractivity contribution in [1.82, 2.24) is 5.32 Å². The second-order valence-electron chi connectivity index (χ2n) is 4.49. The van der Waals surface area contributed by atoms with Crippen LogP contribution in [0.1, 0.15) is 26.7 Å². The average molecular weight is 340 g/mol. The van der Waals surface area contributed by atoms with Crippen LogP contribution in [0, 0.1) is 12.3 Å². The van der Waals surface area contributed by atoms with Crippen molar-refractivity contribution in [3.8, 4) is 12.3 Å². The van der Waals surface area contributed by atoms with E-state index in [1.807, 2.05) is 0 Å². The first-order chi connectivity index (χ1) is 10.8. The third kappa shape index (κ3) is 11.0. The highest BCUT2D eigenvalue weighted by Gasteiger charge is 2.15. The number of hydrogen-bond acceptors (Lipinski definition) is 6. The normalized spacial score (nSPS) is 13.1. The zero-order valence-electron chi connectivity index (χ0n) is 13.0. The number of primary amides is 1. The summed E-state index contributed by atoms with van der Waals surface area (Å²) in [6.45, 7) is 2.82. The maximum atomic E-state index is 11.8. The number of nitrogens with two attached hydrogens (primary N) is 1. The minimum atomic E-state index is -0.967. The molecule has 23 heavy (non-hydrogen) atoms. The molecule has 4 N–H and O–H groups in total. The largest absolute Gasteiger partial charge is 0.861 e. The maximum absolute atomic E-state index is 11.8. The Labute approximate surface area is 139 Å². The second-order valence-corrected chi connectivity index (χ2v) is 5.88. The summed E-state index contributed by atoms with van der Waals surface area (Å²) in [6, 6.07) is -0.967. The van der Waals surface area contributed by atoms with E-state index in [2.05, 4.69) is 21.2 Å². The van der Waals surface area contributed by atoms with Gasteiger partial charge in [-0.25, -0.2) is 4.99 Å². The molecule has 0 unspecified atom stereocenters. The second kappa shape index (κ2) is 11.3. The van der Waals surface area contributed by atoms with Gasteiger partial charge in [-0.05, 0) is 12.3 Å². The van der Waals surface area contributed by atoms with Crippen molar-refractivity contribution >= 4 is 39.6 Å². The zero-order chi connectivity index (χ0) is 17.8. The molecular formula is C14H20N4O4S. The topological polar surface area (TPSA) is 139 Å². The van der Waals surface area contributed by atoms with Crippen molar-refractivity contribution in [3.63, 3.8) is 0 Å². The van der Waals surface area contributed by atoms with Crippen LogP contribution in [0.3, 0.4) is 0 Å². The molecule has 0 aromatic carbocycles. The number of thioether (sulfide) groups is 1. The molecule has 0 saturated heterocycles. The van der Waals surface area contributed by atoms with Gasteiger partial charge in [-0.2, -0.15) is 0 Å². The molecule has 0 heterocycles. The van der Waals surface area contributed by atoms with E-state index in [9.17, 15) is 19.5 Å². The van der Waals surface area contributed by atoms with Crippen LogP contribution >= 0.6 is 11.8 Å². The number of terminal acetylenes is 1. The van der Waals surface area contributed by atoms with E-state index >= 15 is 0 Å². The zero-order valence-corrected chi connectivity index (χ0v) is 13.9. The summed E-state index contributed by atoms with van der Waals surface area (Å²) in [5.41, 5.74) is 5.04. The van der Waals surface area contributed by atoms with Crippen molar-refractivity contribution in [1.29, 1.82) is 0 Å². The Hall–Kier alpha value is -2.34. The van der Waals surface area contributed by atoms with Gasteiger partial charge in [-0.1, -0.05) is 5.92 Å². The fourth-order valence-electron chi connectivity index (χ4n) is 1.48. The van der Waals surface area contributed by atoms with Crippen LogP contribution in [-0.2, 0) is 14.4 Å². The number of rotatable bonds is 8. The molecule has 0 bridgehead atoms. The number of hydrogen-bond donors (Lipinski definition) is 3. The van der Waals surface area contributed by atoms with Gasteiger partial charge in [0.15, 0.2) is 5.12 Å². The lowest BCUT2D eigenvalue weighted by molar-refractivity contribution is -0.441. The first kappa shape index (κ1) is 20.7. The molecule has 126 valence electrons. The van der Waals surface area contributed by atoms with Crippen molar-refractivity contribution in [3.05, 3.63) is 0 Å². The molecule has 0 aliphatic heterocycles. The molecule has 0 aliphatic rings. The summed E-state index contributed by atoms with van der Waals surface area (Å²) in [5.74, 6) is 0.505. The minimum absolute atomic E-state index is 0.0405. The van der Waals surface area contributed by atoms with Gasteiger partial charge in [0.25, 0.3) is 5.91 Å². The fraction of sp³-hybridized carbons (Fsp3) is 0.500. The molecule has 0 spiro atoms. The number of carbonyl (C=O) groups is 3. The van der Waals surface area contributed by atoms with Crippen molar-refractivity contribution in [2.75, 3.05) is 13.1 Å². The van der Waals surface area contributed by atoms with Crippen molar-refractivity contribution < 1.29 is 24.5 Å². The smallest absolute Gasteiger partial charge is 0.285 e. The lowest BCUT2D eigenvalue weighted by Crippen LogP contribution is -2.75. The van der Waals surface area contributed by atoms with E-state index in [1.165, 1.54) is 6.92 Å². The van der Waals surface area contributed by atoms with Gasteiger partial charge in [0.2, 0.25) is 17.5 Å². The van der Waals surface area contributed by atoms with Gasteiger partial charge in [-0.15, -0.1) is 6.42 Å². The lowest BCUT2D eigenvalue weighted by atomic mass is 10.1. The summed E-state index contributed by atoms with van der Waals surface area (Å²) < 4.78 is 0. The van der Waals surface area contributed by atoms with Crippen LogP contribution < -0.4 is 21.1 Å². The van der Waals surface area contributed by atoms with E-state index in [1.54, 1.807) is 6.92 Å². The van der Waals surface area contributed by atoms with E-state index in [0.717, 1.165) is 11.8 Å². The molecule has 0 aromatic rings. The quantitative estimate of drug-likeness (QED) is 0.244. The summed E-state index contributed by atoms with van der Waals surface area (Å²) in [6.07, 6.45) is 4.99. The molecule has 0 rings (SSSR count). The maximum Gasteiger partial charge on any atom is 0.285 e. The predicted molar refractivity (Wildman–Crippen MR) is 86.3 cm³/mol. The Balaban J connectivity index is 4.74. The van der Waals surface area contributed by atoms with E-state index in [-0.39, 0.29) is 31.0 Å². The van der Waals surface area contributed by atoms with Gasteiger partial charge in [0.05, 0.1) is 12.6 Å². The van der Waals surface area contributed by atoms with Crippen LogP contribution in [0.25, 0.3) is 0 Å². The van der Waals surface area contributed by atoms with Gasteiger partial charge < -0.3 is 16.2 Å². The Bertz CT molecular complexity index is 551. The predicted octanol–water partition coefficient (Wildman–Crippen LogP) is -3.09. The van der Waals surface area contributed by atoms with Gasteiger partial charge >= 0.3 is 0 Å². The minimum Gasteiger partial charge on any atom is -0.861 e. The Morgan fingerprint density at radius 1 is 1.43 bits per heavy atom. The summed E-state index contributed by atoms with van der Waals surface area (Å²) >= 11 is 0.965. The molecule has 0 fully saturated rings. The fourth-order valence-corrected chi connectivity index (χ4v) is 2.06. The monoisotopic (exact) mass is 340 g/mol. The average Bonchev–Trinajstić information content (AvgIpc) is 2.45. The third-order valence-electron chi connectivity index (χ3n) is 2.43. The number of nitrogens with zero attached hydrogens (tertiary/aromatic N) is 1. The van der Waals surface area contributed by atoms with Crippen molar-refractivity contribution in [2.45, 2.75) is 32.7 Å². The number of amides is 2. The SMILES string of the molecule is C#CCN=C([O-])[C@H](CCC(N)=O)NC(=O)C[NH+]=C(C)SC(C)=O. The van der Waals surface area contributed by atoms with Gasteiger partial charge in [-0.3, -0.25) is 19.4 Å². The van der Waals surface area contributed by atoms with Crippen LogP contribution in [0.15, 0.2) is 4.99 Å². The van der Waals surface area contributed by atoms with Crippen LogP contribution in [-0.4, -0.2) is 47.0 Å². The number of nitrogens with one attached hydrogen (secondary N) is 2. The Morgan fingerprint density at radius 2 is 2.09 bits per heavy atom. The molecule has 2 amide bonds. The Kier molecular flexibility index (Phi) is 10.1. The van der Waals surface area contributed by atoms with E-state index < -0.39 is 23.8 Å². The molecular weight excluding hydrogens is 320 g/mol. The molecule has 0 saturated carbocycles. The number of carbonyl (C=O) groups excluding carboxylic acids is 3.